The summed E-state index contributed by atoms with van der Waals surface area (Å²) >= 11 is 1.55. The number of terminal acetylenes is 1. The second-order valence-electron chi connectivity index (χ2n) is 2.69. The number of carbonyl (C=O) groups is 1. The summed E-state index contributed by atoms with van der Waals surface area (Å²) in [6, 6.07) is 1.81. The van der Waals surface area contributed by atoms with Crippen molar-refractivity contribution in [3.8, 4) is 12.3 Å². The largest absolute Gasteiger partial charge is 0.481 e. The van der Waals surface area contributed by atoms with E-state index in [0.29, 0.717) is 12.8 Å². The number of unbranched alkanes of at least 4 members (excludes halogenated alkanes) is 1. The number of aromatic nitrogens is 2. The third kappa shape index (κ3) is 9.03. The SMILES string of the molecule is C#CCCCC(=O)O.CSc1ncccn1. The molecule has 1 aromatic rings. The topological polar surface area (TPSA) is 63.1 Å². The lowest BCUT2D eigenvalue weighted by Gasteiger charge is -1.87. The molecule has 0 amide bonds. The first kappa shape index (κ1) is 14.5. The minimum Gasteiger partial charge on any atom is -0.481 e. The number of rotatable bonds is 4. The van der Waals surface area contributed by atoms with Gasteiger partial charge in [0.25, 0.3) is 0 Å². The first-order valence-electron chi connectivity index (χ1n) is 4.67. The van der Waals surface area contributed by atoms with Gasteiger partial charge in [-0.2, -0.15) is 0 Å². The smallest absolute Gasteiger partial charge is 0.303 e. The zero-order valence-electron chi connectivity index (χ0n) is 9.09. The molecule has 16 heavy (non-hydrogen) atoms. The third-order valence-corrected chi connectivity index (χ3v) is 2.01. The van der Waals surface area contributed by atoms with Gasteiger partial charge in [-0.05, 0) is 18.7 Å². The van der Waals surface area contributed by atoms with Gasteiger partial charge in [0, 0.05) is 25.2 Å². The predicted molar refractivity (Wildman–Crippen MR) is 64.1 cm³/mol. The summed E-state index contributed by atoms with van der Waals surface area (Å²) in [5, 5.41) is 8.90. The van der Waals surface area contributed by atoms with E-state index >= 15 is 0 Å². The van der Waals surface area contributed by atoms with Crippen LogP contribution in [0.25, 0.3) is 0 Å². The molecular formula is C11H14N2O2S. The van der Waals surface area contributed by atoms with Crippen molar-refractivity contribution in [2.24, 2.45) is 0 Å². The van der Waals surface area contributed by atoms with Crippen molar-refractivity contribution in [2.45, 2.75) is 24.4 Å². The summed E-state index contributed by atoms with van der Waals surface area (Å²) in [6.45, 7) is 0. The Hall–Kier alpha value is -1.54. The highest BCUT2D eigenvalue weighted by molar-refractivity contribution is 7.98. The molecule has 0 fully saturated rings. The van der Waals surface area contributed by atoms with Crippen molar-refractivity contribution in [3.63, 3.8) is 0 Å². The second kappa shape index (κ2) is 9.99. The van der Waals surface area contributed by atoms with Crippen molar-refractivity contribution in [2.75, 3.05) is 6.26 Å². The van der Waals surface area contributed by atoms with Gasteiger partial charge in [-0.15, -0.1) is 12.3 Å². The Morgan fingerprint density at radius 2 is 2.19 bits per heavy atom. The molecule has 0 spiro atoms. The van der Waals surface area contributed by atoms with Crippen molar-refractivity contribution in [1.29, 1.82) is 0 Å². The van der Waals surface area contributed by atoms with Crippen LogP contribution in [0.15, 0.2) is 23.6 Å². The minimum absolute atomic E-state index is 0.185. The summed E-state index contributed by atoms with van der Waals surface area (Å²) in [4.78, 5) is 17.7. The molecule has 86 valence electrons. The van der Waals surface area contributed by atoms with Crippen LogP contribution in [0.5, 0.6) is 0 Å². The first-order chi connectivity index (χ1) is 7.70. The van der Waals surface area contributed by atoms with Crippen LogP contribution in [-0.4, -0.2) is 27.3 Å². The van der Waals surface area contributed by atoms with E-state index in [1.165, 1.54) is 0 Å². The fourth-order valence-corrected chi connectivity index (χ4v) is 1.07. The normalized spacial score (nSPS) is 8.50. The number of aliphatic carboxylic acids is 1. The maximum Gasteiger partial charge on any atom is 0.303 e. The molecule has 0 aromatic carbocycles. The van der Waals surface area contributed by atoms with Crippen LogP contribution >= 0.6 is 11.8 Å². The quantitative estimate of drug-likeness (QED) is 0.376. The highest BCUT2D eigenvalue weighted by Crippen LogP contribution is 2.03. The summed E-state index contributed by atoms with van der Waals surface area (Å²) < 4.78 is 0. The number of thioether (sulfide) groups is 1. The van der Waals surface area contributed by atoms with Gasteiger partial charge in [0.2, 0.25) is 0 Å². The van der Waals surface area contributed by atoms with E-state index in [1.54, 1.807) is 30.2 Å². The van der Waals surface area contributed by atoms with Crippen LogP contribution in [0.2, 0.25) is 0 Å². The van der Waals surface area contributed by atoms with Gasteiger partial charge in [0.1, 0.15) is 0 Å². The van der Waals surface area contributed by atoms with Gasteiger partial charge >= 0.3 is 5.97 Å². The predicted octanol–water partition coefficient (Wildman–Crippen LogP) is 2.07. The Kier molecular flexibility index (Phi) is 9.03. The van der Waals surface area contributed by atoms with E-state index in [2.05, 4.69) is 15.9 Å². The molecule has 0 aliphatic rings. The Morgan fingerprint density at radius 3 is 2.56 bits per heavy atom. The van der Waals surface area contributed by atoms with Crippen LogP contribution < -0.4 is 0 Å². The van der Waals surface area contributed by atoms with E-state index in [9.17, 15) is 4.79 Å². The van der Waals surface area contributed by atoms with Gasteiger partial charge in [-0.25, -0.2) is 9.97 Å². The standard InChI is InChI=1S/C6H8O2.C5H6N2S/c1-2-3-4-5-6(7)8;1-8-5-6-3-2-4-7-5/h1H,3-5H2,(H,7,8);2-4H,1H3. The van der Waals surface area contributed by atoms with Crippen LogP contribution in [0, 0.1) is 12.3 Å². The first-order valence-corrected chi connectivity index (χ1v) is 5.89. The maximum atomic E-state index is 9.81. The molecule has 5 heteroatoms. The van der Waals surface area contributed by atoms with Crippen molar-refractivity contribution >= 4 is 17.7 Å². The molecule has 0 bridgehead atoms. The molecule has 0 saturated carbocycles. The fraction of sp³-hybridized carbons (Fsp3) is 0.364. The zero-order chi connectivity index (χ0) is 12.2. The molecule has 0 aliphatic heterocycles. The highest BCUT2D eigenvalue weighted by Gasteiger charge is 1.92. The summed E-state index contributed by atoms with van der Waals surface area (Å²) in [7, 11) is 0. The highest BCUT2D eigenvalue weighted by atomic mass is 32.2. The number of nitrogens with zero attached hydrogens (tertiary/aromatic N) is 2. The molecule has 0 unspecified atom stereocenters. The van der Waals surface area contributed by atoms with Gasteiger partial charge in [-0.3, -0.25) is 4.79 Å². The average Bonchev–Trinajstić information content (AvgIpc) is 2.31. The van der Waals surface area contributed by atoms with E-state index in [4.69, 9.17) is 11.5 Å². The van der Waals surface area contributed by atoms with E-state index in [-0.39, 0.29) is 6.42 Å². The molecule has 0 aliphatic carbocycles. The lowest BCUT2D eigenvalue weighted by Crippen LogP contribution is -1.92. The number of carboxylic acids is 1. The van der Waals surface area contributed by atoms with Crippen LogP contribution in [0.1, 0.15) is 19.3 Å². The Bertz CT molecular complexity index is 336. The number of hydrogen-bond acceptors (Lipinski definition) is 4. The zero-order valence-corrected chi connectivity index (χ0v) is 9.91. The Balaban J connectivity index is 0.000000281. The molecule has 1 heterocycles. The van der Waals surface area contributed by atoms with Gasteiger partial charge < -0.3 is 5.11 Å². The molecule has 0 radical (unpaired) electrons. The van der Waals surface area contributed by atoms with Crippen molar-refractivity contribution in [1.82, 2.24) is 9.97 Å². The van der Waals surface area contributed by atoms with Crippen LogP contribution in [0.3, 0.4) is 0 Å². The van der Waals surface area contributed by atoms with Crippen molar-refractivity contribution < 1.29 is 9.90 Å². The lowest BCUT2D eigenvalue weighted by atomic mass is 10.2. The molecule has 4 nitrogen and oxygen atoms in total. The molecule has 1 aromatic heterocycles. The summed E-state index contributed by atoms with van der Waals surface area (Å²) in [5.41, 5.74) is 0. The molecular weight excluding hydrogens is 224 g/mol. The maximum absolute atomic E-state index is 9.81. The minimum atomic E-state index is -0.778. The second-order valence-corrected chi connectivity index (χ2v) is 3.46. The molecule has 1 N–H and O–H groups in total. The molecule has 1 rings (SSSR count). The Labute approximate surface area is 99.5 Å². The van der Waals surface area contributed by atoms with Gasteiger partial charge in [0.15, 0.2) is 5.16 Å². The molecule has 0 saturated heterocycles. The van der Waals surface area contributed by atoms with E-state index in [1.807, 2.05) is 6.26 Å². The fourth-order valence-electron chi connectivity index (χ4n) is 0.732. The summed E-state index contributed by atoms with van der Waals surface area (Å²) in [5.74, 6) is 1.58. The third-order valence-electron chi connectivity index (χ3n) is 1.44. The Morgan fingerprint density at radius 1 is 1.56 bits per heavy atom. The lowest BCUT2D eigenvalue weighted by molar-refractivity contribution is -0.137. The van der Waals surface area contributed by atoms with Crippen LogP contribution in [-0.2, 0) is 4.79 Å². The number of hydrogen-bond donors (Lipinski definition) is 1. The van der Waals surface area contributed by atoms with Crippen molar-refractivity contribution in [3.05, 3.63) is 18.5 Å². The average molecular weight is 238 g/mol. The summed E-state index contributed by atoms with van der Waals surface area (Å²) in [6.07, 6.45) is 11.6. The van der Waals surface area contributed by atoms with Gasteiger partial charge in [0.05, 0.1) is 0 Å². The molecule has 0 atom stereocenters. The van der Waals surface area contributed by atoms with E-state index in [0.717, 1.165) is 5.16 Å². The monoisotopic (exact) mass is 238 g/mol. The van der Waals surface area contributed by atoms with Crippen LogP contribution in [0.4, 0.5) is 0 Å². The van der Waals surface area contributed by atoms with Gasteiger partial charge in [-0.1, -0.05) is 11.8 Å². The number of carboxylic acid groups (broad SMARTS) is 1. The van der Waals surface area contributed by atoms with E-state index < -0.39 is 5.97 Å².